The number of furan rings is 1. The van der Waals surface area contributed by atoms with Gasteiger partial charge in [-0.1, -0.05) is 18.7 Å². The number of ketones is 1. The van der Waals surface area contributed by atoms with Crippen LogP contribution < -0.4 is 10.2 Å². The second kappa shape index (κ2) is 11.4. The van der Waals surface area contributed by atoms with Gasteiger partial charge in [0.1, 0.15) is 5.76 Å². The highest BCUT2D eigenvalue weighted by Crippen LogP contribution is 2.30. The number of benzene rings is 1. The van der Waals surface area contributed by atoms with Crippen LogP contribution in [0.3, 0.4) is 0 Å². The predicted molar refractivity (Wildman–Crippen MR) is 134 cm³/mol. The number of nitrogens with zero attached hydrogens (tertiary/aromatic N) is 4. The number of piperidine rings is 1. The van der Waals surface area contributed by atoms with E-state index in [0.717, 1.165) is 44.1 Å². The summed E-state index contributed by atoms with van der Waals surface area (Å²) in [6, 6.07) is 10.9. The fourth-order valence-corrected chi connectivity index (χ4v) is 4.93. The summed E-state index contributed by atoms with van der Waals surface area (Å²) in [6.07, 6.45) is 6.44. The van der Waals surface area contributed by atoms with E-state index < -0.39 is 0 Å². The van der Waals surface area contributed by atoms with Gasteiger partial charge in [-0.3, -0.25) is 14.2 Å². The van der Waals surface area contributed by atoms with E-state index in [4.69, 9.17) is 4.42 Å². The van der Waals surface area contributed by atoms with Gasteiger partial charge in [-0.25, -0.2) is 0 Å². The van der Waals surface area contributed by atoms with Crippen LogP contribution >= 0.6 is 11.8 Å². The number of aromatic nitrogens is 3. The highest BCUT2D eigenvalue weighted by molar-refractivity contribution is 8.00. The molecule has 4 rings (SSSR count). The zero-order chi connectivity index (χ0) is 23.9. The lowest BCUT2D eigenvalue weighted by molar-refractivity contribution is -0.116. The SMILES string of the molecule is CCCC(=O)Nc1ccc(C(=O)C(C)Sc2nnc(N3CCCCC3)n2Cc2ccco2)cc1. The quantitative estimate of drug-likeness (QED) is 0.321. The van der Waals surface area contributed by atoms with Crippen molar-refractivity contribution >= 4 is 35.1 Å². The third-order valence-corrected chi connectivity index (χ3v) is 6.89. The Hall–Kier alpha value is -3.07. The maximum atomic E-state index is 13.1. The van der Waals surface area contributed by atoms with Crippen molar-refractivity contribution in [1.82, 2.24) is 14.8 Å². The van der Waals surface area contributed by atoms with E-state index in [0.29, 0.717) is 29.4 Å². The summed E-state index contributed by atoms with van der Waals surface area (Å²) in [5.74, 6) is 1.62. The molecule has 3 aromatic rings. The van der Waals surface area contributed by atoms with Crippen molar-refractivity contribution in [2.45, 2.75) is 62.9 Å². The first kappa shape index (κ1) is 24.1. The van der Waals surface area contributed by atoms with E-state index in [2.05, 4.69) is 20.4 Å². The number of carbonyl (C=O) groups is 2. The van der Waals surface area contributed by atoms with E-state index in [-0.39, 0.29) is 16.9 Å². The Labute approximate surface area is 204 Å². The van der Waals surface area contributed by atoms with Crippen molar-refractivity contribution in [3.63, 3.8) is 0 Å². The van der Waals surface area contributed by atoms with Gasteiger partial charge in [0, 0.05) is 30.8 Å². The minimum atomic E-state index is -0.353. The van der Waals surface area contributed by atoms with Crippen LogP contribution in [-0.2, 0) is 11.3 Å². The standard InChI is InChI=1S/C25H31N5O3S/c1-3-8-22(31)26-20-12-10-19(11-13-20)23(32)18(2)34-25-28-27-24(29-14-5-4-6-15-29)30(25)17-21-9-7-16-33-21/h7,9-13,16,18H,3-6,8,14-15,17H2,1-2H3,(H,26,31). The molecule has 1 atom stereocenters. The first-order valence-electron chi connectivity index (χ1n) is 11.9. The van der Waals surface area contributed by atoms with E-state index in [1.807, 2.05) is 30.5 Å². The minimum Gasteiger partial charge on any atom is -0.467 e. The average Bonchev–Trinajstić information content (AvgIpc) is 3.50. The number of anilines is 2. The van der Waals surface area contributed by atoms with Crippen molar-refractivity contribution in [3.8, 4) is 0 Å². The largest absolute Gasteiger partial charge is 0.467 e. The number of nitrogens with one attached hydrogen (secondary N) is 1. The lowest BCUT2D eigenvalue weighted by Gasteiger charge is -2.27. The summed E-state index contributed by atoms with van der Waals surface area (Å²) in [6.45, 7) is 6.27. The zero-order valence-corrected chi connectivity index (χ0v) is 20.5. The van der Waals surface area contributed by atoms with Crippen LogP contribution in [-0.4, -0.2) is 44.8 Å². The smallest absolute Gasteiger partial charge is 0.228 e. The molecular formula is C25H31N5O3S. The first-order chi connectivity index (χ1) is 16.5. The Kier molecular flexibility index (Phi) is 8.05. The summed E-state index contributed by atoms with van der Waals surface area (Å²) in [5, 5.41) is 12.1. The minimum absolute atomic E-state index is 0.00325. The Morgan fingerprint density at radius 3 is 2.56 bits per heavy atom. The van der Waals surface area contributed by atoms with Crippen molar-refractivity contribution in [3.05, 3.63) is 54.0 Å². The predicted octanol–water partition coefficient (Wildman–Crippen LogP) is 5.01. The Morgan fingerprint density at radius 2 is 1.88 bits per heavy atom. The molecule has 1 fully saturated rings. The van der Waals surface area contributed by atoms with Crippen LogP contribution in [0.2, 0.25) is 0 Å². The number of hydrogen-bond donors (Lipinski definition) is 1. The molecule has 180 valence electrons. The monoisotopic (exact) mass is 481 g/mol. The Balaban J connectivity index is 1.48. The number of rotatable bonds is 10. The van der Waals surface area contributed by atoms with Gasteiger partial charge < -0.3 is 14.6 Å². The molecule has 0 aliphatic carbocycles. The number of carbonyl (C=O) groups excluding carboxylic acids is 2. The fourth-order valence-electron chi connectivity index (χ4n) is 4.01. The zero-order valence-electron chi connectivity index (χ0n) is 19.7. The second-order valence-corrected chi connectivity index (χ2v) is 9.80. The van der Waals surface area contributed by atoms with Gasteiger partial charge in [0.05, 0.1) is 18.1 Å². The number of thioether (sulfide) groups is 1. The topological polar surface area (TPSA) is 93.3 Å². The van der Waals surface area contributed by atoms with Crippen LogP contribution in [0.4, 0.5) is 11.6 Å². The van der Waals surface area contributed by atoms with Crippen LogP contribution in [0, 0.1) is 0 Å². The third kappa shape index (κ3) is 5.88. The molecule has 1 saturated heterocycles. The molecule has 3 heterocycles. The van der Waals surface area contributed by atoms with Gasteiger partial charge >= 0.3 is 0 Å². The molecular weight excluding hydrogens is 450 g/mol. The summed E-state index contributed by atoms with van der Waals surface area (Å²) >= 11 is 1.40. The number of Topliss-reactive ketones (excluding diaryl/α,β-unsaturated/α-hetero) is 1. The summed E-state index contributed by atoms with van der Waals surface area (Å²) in [5.41, 5.74) is 1.29. The Morgan fingerprint density at radius 1 is 1.12 bits per heavy atom. The van der Waals surface area contributed by atoms with Crippen molar-refractivity contribution < 1.29 is 14.0 Å². The molecule has 1 unspecified atom stereocenters. The van der Waals surface area contributed by atoms with Crippen LogP contribution in [0.15, 0.2) is 52.2 Å². The third-order valence-electron chi connectivity index (χ3n) is 5.81. The van der Waals surface area contributed by atoms with Gasteiger partial charge in [0.2, 0.25) is 11.9 Å². The van der Waals surface area contributed by atoms with Gasteiger partial charge in [0.25, 0.3) is 0 Å². The molecule has 0 spiro atoms. The molecule has 1 aliphatic rings. The molecule has 0 radical (unpaired) electrons. The maximum Gasteiger partial charge on any atom is 0.228 e. The number of amides is 1. The van der Waals surface area contributed by atoms with Crippen molar-refractivity contribution in [1.29, 1.82) is 0 Å². The highest BCUT2D eigenvalue weighted by Gasteiger charge is 2.25. The average molecular weight is 482 g/mol. The van der Waals surface area contributed by atoms with Gasteiger partial charge in [-0.15, -0.1) is 10.2 Å². The van der Waals surface area contributed by atoms with E-state index in [9.17, 15) is 9.59 Å². The van der Waals surface area contributed by atoms with Crippen LogP contribution in [0.5, 0.6) is 0 Å². The normalized spacial score (nSPS) is 14.7. The number of hydrogen-bond acceptors (Lipinski definition) is 7. The molecule has 8 nitrogen and oxygen atoms in total. The van der Waals surface area contributed by atoms with Crippen molar-refractivity contribution in [2.75, 3.05) is 23.3 Å². The summed E-state index contributed by atoms with van der Waals surface area (Å²) in [4.78, 5) is 27.2. The fraction of sp³-hybridized carbons (Fsp3) is 0.440. The summed E-state index contributed by atoms with van der Waals surface area (Å²) in [7, 11) is 0. The molecule has 1 amide bonds. The molecule has 0 bridgehead atoms. The van der Waals surface area contributed by atoms with Crippen molar-refractivity contribution in [2.24, 2.45) is 0 Å². The second-order valence-electron chi connectivity index (χ2n) is 8.50. The molecule has 1 aromatic carbocycles. The molecule has 34 heavy (non-hydrogen) atoms. The molecule has 9 heteroatoms. The first-order valence-corrected chi connectivity index (χ1v) is 12.7. The Bertz CT molecular complexity index is 1090. The van der Waals surface area contributed by atoms with E-state index in [1.165, 1.54) is 18.2 Å². The molecule has 0 saturated carbocycles. The molecule has 2 aromatic heterocycles. The van der Waals surface area contributed by atoms with E-state index in [1.54, 1.807) is 30.5 Å². The highest BCUT2D eigenvalue weighted by atomic mass is 32.2. The lowest BCUT2D eigenvalue weighted by atomic mass is 10.1. The van der Waals surface area contributed by atoms with Gasteiger partial charge in [0.15, 0.2) is 10.9 Å². The van der Waals surface area contributed by atoms with Gasteiger partial charge in [-0.2, -0.15) is 0 Å². The molecule has 1 N–H and O–H groups in total. The lowest BCUT2D eigenvalue weighted by Crippen LogP contribution is -2.32. The summed E-state index contributed by atoms with van der Waals surface area (Å²) < 4.78 is 7.63. The van der Waals surface area contributed by atoms with Crippen LogP contribution in [0.25, 0.3) is 0 Å². The van der Waals surface area contributed by atoms with E-state index >= 15 is 0 Å². The van der Waals surface area contributed by atoms with Gasteiger partial charge in [-0.05, 0) is 69.0 Å². The van der Waals surface area contributed by atoms with Crippen LogP contribution in [0.1, 0.15) is 62.1 Å². The maximum absolute atomic E-state index is 13.1. The molecule has 1 aliphatic heterocycles.